The third kappa shape index (κ3) is 3.02. The second-order valence-corrected chi connectivity index (χ2v) is 6.32. The molecule has 1 saturated heterocycles. The summed E-state index contributed by atoms with van der Waals surface area (Å²) in [6, 6.07) is 5.63. The normalized spacial score (nSPS) is 24.3. The van der Waals surface area contributed by atoms with Crippen LogP contribution >= 0.6 is 22.6 Å². The van der Waals surface area contributed by atoms with Crippen LogP contribution in [0.3, 0.4) is 0 Å². The van der Waals surface area contributed by atoms with E-state index < -0.39 is 11.9 Å². The Labute approximate surface area is 137 Å². The molecule has 1 aliphatic heterocycles. The Bertz CT molecular complexity index is 539. The number of ketones is 1. The lowest BCUT2D eigenvalue weighted by Gasteiger charge is -2.35. The van der Waals surface area contributed by atoms with Crippen molar-refractivity contribution in [2.45, 2.75) is 31.2 Å². The number of methoxy groups -OCH3 is 1. The summed E-state index contributed by atoms with van der Waals surface area (Å²) in [5.41, 5.74) is 0. The van der Waals surface area contributed by atoms with Gasteiger partial charge in [-0.15, -0.1) is 0 Å². The first-order valence-corrected chi connectivity index (χ1v) is 8.01. The van der Waals surface area contributed by atoms with Crippen LogP contribution in [0.1, 0.15) is 19.3 Å². The quantitative estimate of drug-likeness (QED) is 0.725. The third-order valence-corrected chi connectivity index (χ3v) is 4.68. The Morgan fingerprint density at radius 1 is 1.33 bits per heavy atom. The Morgan fingerprint density at radius 2 is 2.10 bits per heavy atom. The number of carbonyl (C=O) groups is 1. The van der Waals surface area contributed by atoms with Gasteiger partial charge in [-0.2, -0.15) is 0 Å². The maximum atomic E-state index is 12.2. The van der Waals surface area contributed by atoms with Crippen molar-refractivity contribution in [2.24, 2.45) is 0 Å². The van der Waals surface area contributed by atoms with Crippen LogP contribution in [-0.4, -0.2) is 38.0 Å². The summed E-state index contributed by atoms with van der Waals surface area (Å²) in [7, 11) is 1.59. The summed E-state index contributed by atoms with van der Waals surface area (Å²) < 4.78 is 23.6. The zero-order chi connectivity index (χ0) is 14.9. The van der Waals surface area contributed by atoms with Gasteiger partial charge in [0.1, 0.15) is 0 Å². The highest BCUT2D eigenvalue weighted by atomic mass is 127. The number of para-hydroxylation sites is 1. The molecule has 2 aliphatic rings. The standard InChI is InChI=1S/C15H17IO5/c1-18-12-4-2-3-10(16)14(12)21-13-9-15(6-5-11(13)17)19-7-8-20-15/h2-4,13H,5-9H2,1H3. The monoisotopic (exact) mass is 404 g/mol. The number of halogens is 1. The number of hydrogen-bond donors (Lipinski definition) is 0. The largest absolute Gasteiger partial charge is 0.493 e. The van der Waals surface area contributed by atoms with Gasteiger partial charge in [0.25, 0.3) is 0 Å². The molecule has 0 radical (unpaired) electrons. The maximum Gasteiger partial charge on any atom is 0.175 e. The van der Waals surface area contributed by atoms with Crippen LogP contribution < -0.4 is 9.47 Å². The van der Waals surface area contributed by atoms with E-state index >= 15 is 0 Å². The summed E-state index contributed by atoms with van der Waals surface area (Å²) in [5, 5.41) is 0. The van der Waals surface area contributed by atoms with Crippen molar-refractivity contribution in [2.75, 3.05) is 20.3 Å². The number of ether oxygens (including phenoxy) is 4. The SMILES string of the molecule is COc1cccc(I)c1OC1CC2(CCC1=O)OCCO2. The van der Waals surface area contributed by atoms with Gasteiger partial charge in [-0.25, -0.2) is 0 Å². The van der Waals surface area contributed by atoms with Gasteiger partial charge in [-0.05, 0) is 34.7 Å². The molecule has 1 aliphatic carbocycles. The Morgan fingerprint density at radius 3 is 2.81 bits per heavy atom. The van der Waals surface area contributed by atoms with Crippen LogP contribution in [0.15, 0.2) is 18.2 Å². The van der Waals surface area contributed by atoms with E-state index in [1.165, 1.54) is 0 Å². The molecule has 2 fully saturated rings. The molecule has 0 aromatic heterocycles. The zero-order valence-electron chi connectivity index (χ0n) is 11.8. The fourth-order valence-corrected chi connectivity index (χ4v) is 3.35. The number of benzene rings is 1. The lowest BCUT2D eigenvalue weighted by Crippen LogP contribution is -2.45. The van der Waals surface area contributed by atoms with Gasteiger partial charge in [0, 0.05) is 19.3 Å². The van der Waals surface area contributed by atoms with Crippen LogP contribution in [0, 0.1) is 3.57 Å². The molecule has 5 nitrogen and oxygen atoms in total. The van der Waals surface area contributed by atoms with Crippen molar-refractivity contribution in [1.82, 2.24) is 0 Å². The van der Waals surface area contributed by atoms with E-state index in [0.717, 1.165) is 3.57 Å². The second kappa shape index (κ2) is 6.10. The maximum absolute atomic E-state index is 12.2. The van der Waals surface area contributed by atoms with E-state index in [9.17, 15) is 4.79 Å². The molecule has 0 bridgehead atoms. The van der Waals surface area contributed by atoms with Crippen LogP contribution in [0.2, 0.25) is 0 Å². The minimum Gasteiger partial charge on any atom is -0.493 e. The van der Waals surface area contributed by atoms with Gasteiger partial charge in [0.15, 0.2) is 29.2 Å². The molecule has 114 valence electrons. The highest BCUT2D eigenvalue weighted by molar-refractivity contribution is 14.1. The van der Waals surface area contributed by atoms with Crippen LogP contribution in [-0.2, 0) is 14.3 Å². The van der Waals surface area contributed by atoms with Gasteiger partial charge in [-0.1, -0.05) is 6.07 Å². The van der Waals surface area contributed by atoms with Crippen molar-refractivity contribution < 1.29 is 23.7 Å². The van der Waals surface area contributed by atoms with Gasteiger partial charge in [0.2, 0.25) is 0 Å². The van der Waals surface area contributed by atoms with E-state index in [2.05, 4.69) is 22.6 Å². The molecule has 1 saturated carbocycles. The molecule has 1 aromatic rings. The average molecular weight is 404 g/mol. The molecule has 1 atom stereocenters. The van der Waals surface area contributed by atoms with Crippen molar-refractivity contribution in [3.63, 3.8) is 0 Å². The Kier molecular flexibility index (Phi) is 4.37. The van der Waals surface area contributed by atoms with E-state index in [4.69, 9.17) is 18.9 Å². The first kappa shape index (κ1) is 15.1. The van der Waals surface area contributed by atoms with Crippen molar-refractivity contribution >= 4 is 28.4 Å². The number of rotatable bonds is 3. The Balaban J connectivity index is 1.81. The first-order valence-electron chi connectivity index (χ1n) is 6.93. The van der Waals surface area contributed by atoms with Gasteiger partial charge >= 0.3 is 0 Å². The molecule has 0 N–H and O–H groups in total. The predicted molar refractivity (Wildman–Crippen MR) is 83.6 cm³/mol. The molecule has 0 amide bonds. The van der Waals surface area contributed by atoms with E-state index in [0.29, 0.717) is 44.0 Å². The zero-order valence-corrected chi connectivity index (χ0v) is 13.9. The first-order chi connectivity index (χ1) is 10.1. The fraction of sp³-hybridized carbons (Fsp3) is 0.533. The molecule has 3 rings (SSSR count). The van der Waals surface area contributed by atoms with Crippen LogP contribution in [0.4, 0.5) is 0 Å². The van der Waals surface area contributed by atoms with Crippen molar-refractivity contribution in [1.29, 1.82) is 0 Å². The summed E-state index contributed by atoms with van der Waals surface area (Å²) in [5.74, 6) is 0.671. The summed E-state index contributed by atoms with van der Waals surface area (Å²) in [6.45, 7) is 1.15. The van der Waals surface area contributed by atoms with E-state index in [-0.39, 0.29) is 5.78 Å². The summed E-state index contributed by atoms with van der Waals surface area (Å²) in [4.78, 5) is 12.2. The average Bonchev–Trinajstić information content (AvgIpc) is 2.93. The van der Waals surface area contributed by atoms with E-state index in [1.807, 2.05) is 18.2 Å². The fourth-order valence-electron chi connectivity index (χ4n) is 2.75. The third-order valence-electron chi connectivity index (χ3n) is 3.83. The molecule has 1 spiro atoms. The van der Waals surface area contributed by atoms with Crippen molar-refractivity contribution in [3.8, 4) is 11.5 Å². The van der Waals surface area contributed by atoms with Gasteiger partial charge in [-0.3, -0.25) is 4.79 Å². The molecule has 21 heavy (non-hydrogen) atoms. The minimum atomic E-state index is -0.647. The van der Waals surface area contributed by atoms with Gasteiger partial charge < -0.3 is 18.9 Å². The molecule has 1 heterocycles. The lowest BCUT2D eigenvalue weighted by atomic mass is 9.90. The second-order valence-electron chi connectivity index (χ2n) is 5.16. The van der Waals surface area contributed by atoms with Crippen LogP contribution in [0.5, 0.6) is 11.5 Å². The molecule has 1 unspecified atom stereocenters. The van der Waals surface area contributed by atoms with E-state index in [1.54, 1.807) is 7.11 Å². The number of Topliss-reactive ketones (excluding diaryl/α,β-unsaturated/α-hetero) is 1. The predicted octanol–water partition coefficient (Wildman–Crippen LogP) is 2.54. The lowest BCUT2D eigenvalue weighted by molar-refractivity contribution is -0.194. The summed E-state index contributed by atoms with van der Waals surface area (Å²) >= 11 is 2.17. The summed E-state index contributed by atoms with van der Waals surface area (Å²) in [6.07, 6.45) is 0.895. The minimum absolute atomic E-state index is 0.0847. The smallest absolute Gasteiger partial charge is 0.175 e. The molecular formula is C15H17IO5. The highest BCUT2D eigenvalue weighted by Gasteiger charge is 2.46. The Hall–Kier alpha value is -0.860. The molecular weight excluding hydrogens is 387 g/mol. The topological polar surface area (TPSA) is 54.0 Å². The van der Waals surface area contributed by atoms with Gasteiger partial charge in [0.05, 0.1) is 23.9 Å². The molecule has 1 aromatic carbocycles. The van der Waals surface area contributed by atoms with Crippen LogP contribution in [0.25, 0.3) is 0 Å². The van der Waals surface area contributed by atoms with Crippen molar-refractivity contribution in [3.05, 3.63) is 21.8 Å². The highest BCUT2D eigenvalue weighted by Crippen LogP contribution is 2.39. The number of hydrogen-bond acceptors (Lipinski definition) is 5. The molecule has 6 heteroatoms. The number of carbonyl (C=O) groups excluding carboxylic acids is 1.